The highest BCUT2D eigenvalue weighted by atomic mass is 16.1. The normalized spacial score (nSPS) is 15.1. The first-order valence-electron chi connectivity index (χ1n) is 11.3. The van der Waals surface area contributed by atoms with Crippen LogP contribution in [-0.4, -0.2) is 37.0 Å². The fourth-order valence-electron chi connectivity index (χ4n) is 2.82. The van der Waals surface area contributed by atoms with Gasteiger partial charge in [-0.3, -0.25) is 4.79 Å². The van der Waals surface area contributed by atoms with Gasteiger partial charge in [0.05, 0.1) is 0 Å². The van der Waals surface area contributed by atoms with Crippen LogP contribution < -0.4 is 5.32 Å². The number of unbranched alkanes of at least 4 members (excludes halogenated alkanes) is 3. The molecule has 158 valence electrons. The van der Waals surface area contributed by atoms with Gasteiger partial charge >= 0.3 is 0 Å². The quantitative estimate of drug-likeness (QED) is 0.247. The van der Waals surface area contributed by atoms with Crippen LogP contribution in [0.15, 0.2) is 48.6 Å². The second-order valence-electron chi connectivity index (χ2n) is 7.80. The largest absolute Gasteiger partial charge is 0.353 e. The predicted molar refractivity (Wildman–Crippen MR) is 122 cm³/mol. The molecule has 1 saturated carbocycles. The molecule has 0 radical (unpaired) electrons. The molecule has 0 bridgehead atoms. The van der Waals surface area contributed by atoms with Crippen LogP contribution >= 0.6 is 0 Å². The molecule has 0 heterocycles. The van der Waals surface area contributed by atoms with Gasteiger partial charge in [-0.1, -0.05) is 68.4 Å². The Morgan fingerprint density at radius 3 is 2.11 bits per heavy atom. The number of rotatable bonds is 17. The summed E-state index contributed by atoms with van der Waals surface area (Å²) < 4.78 is 0. The van der Waals surface area contributed by atoms with Gasteiger partial charge < -0.3 is 10.2 Å². The van der Waals surface area contributed by atoms with Crippen LogP contribution in [0.2, 0.25) is 0 Å². The average molecular weight is 387 g/mol. The van der Waals surface area contributed by atoms with E-state index in [-0.39, 0.29) is 5.91 Å². The van der Waals surface area contributed by atoms with Crippen LogP contribution in [-0.2, 0) is 4.79 Å². The first-order chi connectivity index (χ1) is 13.7. The van der Waals surface area contributed by atoms with Crippen molar-refractivity contribution in [2.75, 3.05) is 20.1 Å². The number of likely N-dealkylation sites (N-methyl/N-ethyl adjacent to an activating group) is 1. The summed E-state index contributed by atoms with van der Waals surface area (Å²) in [5, 5.41) is 3.03. The Morgan fingerprint density at radius 1 is 0.893 bits per heavy atom. The van der Waals surface area contributed by atoms with Crippen molar-refractivity contribution in [3.63, 3.8) is 0 Å². The van der Waals surface area contributed by atoms with Gasteiger partial charge in [0.25, 0.3) is 0 Å². The summed E-state index contributed by atoms with van der Waals surface area (Å²) in [5.41, 5.74) is 0. The number of hydrogen-bond donors (Lipinski definition) is 1. The van der Waals surface area contributed by atoms with Gasteiger partial charge in [-0.15, -0.1) is 0 Å². The summed E-state index contributed by atoms with van der Waals surface area (Å²) in [4.78, 5) is 13.9. The Labute approximate surface area is 173 Å². The number of hydrogen-bond acceptors (Lipinski definition) is 2. The van der Waals surface area contributed by atoms with E-state index in [1.54, 1.807) is 0 Å². The van der Waals surface area contributed by atoms with Crippen molar-refractivity contribution in [3.8, 4) is 0 Å². The van der Waals surface area contributed by atoms with E-state index in [0.29, 0.717) is 12.5 Å². The van der Waals surface area contributed by atoms with Crippen LogP contribution in [0, 0.1) is 0 Å². The lowest BCUT2D eigenvalue weighted by atomic mass is 10.2. The Morgan fingerprint density at radius 2 is 1.50 bits per heavy atom. The van der Waals surface area contributed by atoms with E-state index in [0.717, 1.165) is 38.6 Å². The smallest absolute Gasteiger partial charge is 0.220 e. The molecule has 28 heavy (non-hydrogen) atoms. The van der Waals surface area contributed by atoms with Crippen LogP contribution in [0.25, 0.3) is 0 Å². The summed E-state index contributed by atoms with van der Waals surface area (Å²) >= 11 is 0. The van der Waals surface area contributed by atoms with E-state index in [4.69, 9.17) is 0 Å². The predicted octanol–water partition coefficient (Wildman–Crippen LogP) is 5.95. The highest BCUT2D eigenvalue weighted by Crippen LogP contribution is 2.18. The van der Waals surface area contributed by atoms with Gasteiger partial charge in [-0.05, 0) is 65.0 Å². The average Bonchev–Trinajstić information content (AvgIpc) is 3.49. The van der Waals surface area contributed by atoms with Crippen molar-refractivity contribution in [1.29, 1.82) is 0 Å². The van der Waals surface area contributed by atoms with Gasteiger partial charge in [0, 0.05) is 19.0 Å². The second-order valence-corrected chi connectivity index (χ2v) is 7.80. The summed E-state index contributed by atoms with van der Waals surface area (Å²) in [6.07, 6.45) is 29.7. The maximum absolute atomic E-state index is 11.5. The third-order valence-corrected chi connectivity index (χ3v) is 4.76. The minimum Gasteiger partial charge on any atom is -0.353 e. The van der Waals surface area contributed by atoms with Gasteiger partial charge in [0.2, 0.25) is 5.91 Å². The third kappa shape index (κ3) is 16.6. The minimum atomic E-state index is 0.219. The van der Waals surface area contributed by atoms with E-state index in [1.165, 1.54) is 38.6 Å². The molecule has 1 amide bonds. The molecule has 0 saturated heterocycles. The molecule has 1 rings (SSSR count). The number of allylic oxidation sites excluding steroid dienone is 7. The van der Waals surface area contributed by atoms with Gasteiger partial charge in [0.15, 0.2) is 0 Å². The SMILES string of the molecule is CCCCCN(C)C/C=C\C/C=C\C/C=C\C/C=C\CCCC(=O)NC1CC1. The lowest BCUT2D eigenvalue weighted by molar-refractivity contribution is -0.121. The molecule has 3 nitrogen and oxygen atoms in total. The van der Waals surface area contributed by atoms with Crippen LogP contribution in [0.4, 0.5) is 0 Å². The molecule has 1 aliphatic carbocycles. The Kier molecular flexibility index (Phi) is 15.3. The van der Waals surface area contributed by atoms with E-state index < -0.39 is 0 Å². The maximum Gasteiger partial charge on any atom is 0.220 e. The summed E-state index contributed by atoms with van der Waals surface area (Å²) in [5.74, 6) is 0.219. The van der Waals surface area contributed by atoms with E-state index in [9.17, 15) is 4.79 Å². The van der Waals surface area contributed by atoms with E-state index in [2.05, 4.69) is 72.8 Å². The molecule has 0 aromatic rings. The van der Waals surface area contributed by atoms with Crippen molar-refractivity contribution >= 4 is 5.91 Å². The van der Waals surface area contributed by atoms with Crippen molar-refractivity contribution in [2.45, 2.75) is 83.6 Å². The fourth-order valence-corrected chi connectivity index (χ4v) is 2.82. The highest BCUT2D eigenvalue weighted by Gasteiger charge is 2.22. The van der Waals surface area contributed by atoms with E-state index >= 15 is 0 Å². The molecule has 1 fully saturated rings. The monoisotopic (exact) mass is 386 g/mol. The highest BCUT2D eigenvalue weighted by molar-refractivity contribution is 5.76. The molecule has 0 atom stereocenters. The molecule has 0 aromatic carbocycles. The fraction of sp³-hybridized carbons (Fsp3) is 0.640. The summed E-state index contributed by atoms with van der Waals surface area (Å²) in [6.45, 7) is 4.50. The van der Waals surface area contributed by atoms with Gasteiger partial charge in [-0.2, -0.15) is 0 Å². The van der Waals surface area contributed by atoms with Crippen molar-refractivity contribution in [3.05, 3.63) is 48.6 Å². The molecule has 0 aliphatic heterocycles. The minimum absolute atomic E-state index is 0.219. The molecule has 3 heteroatoms. The van der Waals surface area contributed by atoms with Gasteiger partial charge in [0.1, 0.15) is 0 Å². The zero-order valence-corrected chi connectivity index (χ0v) is 18.2. The zero-order valence-electron chi connectivity index (χ0n) is 18.2. The van der Waals surface area contributed by atoms with Crippen molar-refractivity contribution in [1.82, 2.24) is 10.2 Å². The topological polar surface area (TPSA) is 32.3 Å². The molecular weight excluding hydrogens is 344 g/mol. The number of nitrogens with one attached hydrogen (secondary N) is 1. The number of carbonyl (C=O) groups is 1. The first kappa shape index (κ1) is 24.4. The van der Waals surface area contributed by atoms with Crippen molar-refractivity contribution < 1.29 is 4.79 Å². The molecule has 1 N–H and O–H groups in total. The Bertz CT molecular complexity index is 501. The van der Waals surface area contributed by atoms with Crippen LogP contribution in [0.1, 0.15) is 77.6 Å². The molecule has 0 spiro atoms. The number of carbonyl (C=O) groups excluding carboxylic acids is 1. The molecule has 0 unspecified atom stereocenters. The van der Waals surface area contributed by atoms with Crippen molar-refractivity contribution in [2.24, 2.45) is 0 Å². The number of amides is 1. The zero-order chi connectivity index (χ0) is 20.3. The van der Waals surface area contributed by atoms with Gasteiger partial charge in [-0.25, -0.2) is 0 Å². The maximum atomic E-state index is 11.5. The van der Waals surface area contributed by atoms with Crippen LogP contribution in [0.3, 0.4) is 0 Å². The lowest BCUT2D eigenvalue weighted by Crippen LogP contribution is -2.24. The molecular formula is C25H42N2O. The summed E-state index contributed by atoms with van der Waals surface area (Å²) in [6, 6.07) is 0.486. The number of nitrogens with zero attached hydrogens (tertiary/aromatic N) is 1. The Balaban J connectivity index is 1.89. The Hall–Kier alpha value is -1.61. The second kappa shape index (κ2) is 17.5. The molecule has 0 aromatic heterocycles. The van der Waals surface area contributed by atoms with Crippen LogP contribution in [0.5, 0.6) is 0 Å². The standard InChI is InChI=1S/C25H42N2O/c1-3-4-17-22-27(2)23-18-15-13-11-9-7-5-6-8-10-12-14-16-19-25(28)26-24-20-21-24/h5-6,9-12,15,18,24H,3-4,7-8,13-14,16-17,19-23H2,1-2H3,(H,26,28)/b6-5-,11-9-,12-10-,18-15-. The summed E-state index contributed by atoms with van der Waals surface area (Å²) in [7, 11) is 2.20. The lowest BCUT2D eigenvalue weighted by Gasteiger charge is -2.13. The van der Waals surface area contributed by atoms with E-state index in [1.807, 2.05) is 0 Å². The molecule has 1 aliphatic rings. The third-order valence-electron chi connectivity index (χ3n) is 4.76. The first-order valence-corrected chi connectivity index (χ1v) is 11.3.